The first-order valence-corrected chi connectivity index (χ1v) is 7.02. The molecule has 1 aromatic carbocycles. The van der Waals surface area contributed by atoms with Crippen LogP contribution in [0.5, 0.6) is 0 Å². The summed E-state index contributed by atoms with van der Waals surface area (Å²) in [7, 11) is 0. The lowest BCUT2D eigenvalue weighted by atomic mass is 10.1. The van der Waals surface area contributed by atoms with Crippen LogP contribution in [0.1, 0.15) is 18.4 Å². The van der Waals surface area contributed by atoms with Crippen LogP contribution in [0.3, 0.4) is 0 Å². The van der Waals surface area contributed by atoms with Crippen LogP contribution in [-0.2, 0) is 11.2 Å². The van der Waals surface area contributed by atoms with Crippen LogP contribution in [0.15, 0.2) is 30.3 Å². The monoisotopic (exact) mass is 280 g/mol. The van der Waals surface area contributed by atoms with Gasteiger partial charge in [-0.15, -0.1) is 0 Å². The number of carbonyl (C=O) groups excluding carboxylic acids is 1. The topological polar surface area (TPSA) is 81.6 Å². The van der Waals surface area contributed by atoms with Gasteiger partial charge in [0.25, 0.3) is 0 Å². The number of nitrogens with one attached hydrogen (secondary N) is 2. The molecule has 112 valence electrons. The molecule has 0 aliphatic heterocycles. The van der Waals surface area contributed by atoms with Gasteiger partial charge in [0.2, 0.25) is 5.91 Å². The van der Waals surface area contributed by atoms with Gasteiger partial charge in [0.1, 0.15) is 0 Å². The Morgan fingerprint density at radius 2 is 1.80 bits per heavy atom. The summed E-state index contributed by atoms with van der Waals surface area (Å²) in [5.41, 5.74) is 1.25. The highest BCUT2D eigenvalue weighted by atomic mass is 16.3. The predicted octanol–water partition coefficient (Wildman–Crippen LogP) is 0.0683. The normalized spacial score (nSPS) is 10.8. The van der Waals surface area contributed by atoms with E-state index in [1.807, 2.05) is 18.2 Å². The van der Waals surface area contributed by atoms with Gasteiger partial charge in [-0.3, -0.25) is 4.79 Å². The molecule has 0 saturated heterocycles. The highest BCUT2D eigenvalue weighted by molar-refractivity contribution is 5.75. The number of benzene rings is 1. The molecule has 5 nitrogen and oxygen atoms in total. The molecule has 0 aromatic heterocycles. The van der Waals surface area contributed by atoms with Crippen molar-refractivity contribution in [1.82, 2.24) is 10.6 Å². The minimum absolute atomic E-state index is 0.0345. The summed E-state index contributed by atoms with van der Waals surface area (Å²) in [4.78, 5) is 11.6. The summed E-state index contributed by atoms with van der Waals surface area (Å²) in [6, 6.07) is 9.79. The number of rotatable bonds is 10. The molecule has 0 fully saturated rings. The average Bonchev–Trinajstić information content (AvgIpc) is 2.48. The van der Waals surface area contributed by atoms with Gasteiger partial charge in [-0.05, 0) is 18.4 Å². The minimum atomic E-state index is -0.315. The Kier molecular flexibility index (Phi) is 8.62. The van der Waals surface area contributed by atoms with Crippen molar-refractivity contribution in [2.24, 2.45) is 0 Å². The third-order valence-electron chi connectivity index (χ3n) is 3.03. The van der Waals surface area contributed by atoms with Crippen molar-refractivity contribution in [1.29, 1.82) is 0 Å². The van der Waals surface area contributed by atoms with Crippen LogP contribution in [0.4, 0.5) is 0 Å². The maximum absolute atomic E-state index is 11.6. The SMILES string of the molecule is O=C(CCCc1ccccc1)NCCNC(CO)CO. The van der Waals surface area contributed by atoms with Gasteiger partial charge in [0.05, 0.1) is 19.3 Å². The van der Waals surface area contributed by atoms with Crippen LogP contribution in [0.2, 0.25) is 0 Å². The van der Waals surface area contributed by atoms with E-state index in [4.69, 9.17) is 10.2 Å². The largest absolute Gasteiger partial charge is 0.395 e. The first-order valence-electron chi connectivity index (χ1n) is 7.02. The molecule has 1 amide bonds. The molecule has 0 spiro atoms. The van der Waals surface area contributed by atoms with Crippen molar-refractivity contribution in [2.75, 3.05) is 26.3 Å². The van der Waals surface area contributed by atoms with E-state index in [1.54, 1.807) is 0 Å². The number of hydrogen-bond donors (Lipinski definition) is 4. The number of amides is 1. The number of aryl methyl sites for hydroxylation is 1. The van der Waals surface area contributed by atoms with Gasteiger partial charge in [0, 0.05) is 19.5 Å². The van der Waals surface area contributed by atoms with Crippen LogP contribution in [0.25, 0.3) is 0 Å². The molecule has 0 unspecified atom stereocenters. The second kappa shape index (κ2) is 10.4. The van der Waals surface area contributed by atoms with Crippen molar-refractivity contribution in [2.45, 2.75) is 25.3 Å². The lowest BCUT2D eigenvalue weighted by Gasteiger charge is -2.13. The maximum Gasteiger partial charge on any atom is 0.220 e. The Hall–Kier alpha value is -1.43. The molecule has 0 heterocycles. The Morgan fingerprint density at radius 1 is 1.10 bits per heavy atom. The van der Waals surface area contributed by atoms with E-state index >= 15 is 0 Å². The first kappa shape index (κ1) is 16.6. The molecular weight excluding hydrogens is 256 g/mol. The number of aliphatic hydroxyl groups excluding tert-OH is 2. The van der Waals surface area contributed by atoms with Gasteiger partial charge in [-0.25, -0.2) is 0 Å². The molecule has 5 heteroatoms. The van der Waals surface area contributed by atoms with E-state index in [2.05, 4.69) is 22.8 Å². The lowest BCUT2D eigenvalue weighted by Crippen LogP contribution is -2.40. The molecule has 4 N–H and O–H groups in total. The van der Waals surface area contributed by atoms with Crippen LogP contribution < -0.4 is 10.6 Å². The number of aliphatic hydroxyl groups is 2. The number of carbonyl (C=O) groups is 1. The van der Waals surface area contributed by atoms with E-state index in [0.717, 1.165) is 12.8 Å². The van der Waals surface area contributed by atoms with E-state index < -0.39 is 0 Å². The van der Waals surface area contributed by atoms with E-state index in [1.165, 1.54) is 5.56 Å². The van der Waals surface area contributed by atoms with E-state index in [0.29, 0.717) is 19.5 Å². The molecule has 20 heavy (non-hydrogen) atoms. The summed E-state index contributed by atoms with van der Waals surface area (Å²) >= 11 is 0. The van der Waals surface area contributed by atoms with Crippen molar-refractivity contribution in [3.8, 4) is 0 Å². The fourth-order valence-corrected chi connectivity index (χ4v) is 1.85. The Morgan fingerprint density at radius 3 is 2.45 bits per heavy atom. The zero-order valence-corrected chi connectivity index (χ0v) is 11.7. The molecule has 1 aromatic rings. The van der Waals surface area contributed by atoms with Crippen molar-refractivity contribution >= 4 is 5.91 Å². The highest BCUT2D eigenvalue weighted by Gasteiger charge is 2.04. The third kappa shape index (κ3) is 7.23. The van der Waals surface area contributed by atoms with Crippen LogP contribution in [0, 0.1) is 0 Å². The van der Waals surface area contributed by atoms with Gasteiger partial charge in [0.15, 0.2) is 0 Å². The smallest absolute Gasteiger partial charge is 0.220 e. The molecule has 0 atom stereocenters. The maximum atomic E-state index is 11.6. The van der Waals surface area contributed by atoms with Crippen LogP contribution >= 0.6 is 0 Å². The molecule has 0 saturated carbocycles. The second-order valence-electron chi connectivity index (χ2n) is 4.71. The zero-order chi connectivity index (χ0) is 14.6. The summed E-state index contributed by atoms with van der Waals surface area (Å²) in [6.45, 7) is 0.819. The fourth-order valence-electron chi connectivity index (χ4n) is 1.85. The van der Waals surface area contributed by atoms with Gasteiger partial charge in [-0.2, -0.15) is 0 Å². The zero-order valence-electron chi connectivity index (χ0n) is 11.7. The van der Waals surface area contributed by atoms with Gasteiger partial charge < -0.3 is 20.8 Å². The molecule has 0 aliphatic rings. The molecule has 0 bridgehead atoms. The van der Waals surface area contributed by atoms with Crippen molar-refractivity contribution in [3.05, 3.63) is 35.9 Å². The molecule has 0 radical (unpaired) electrons. The third-order valence-corrected chi connectivity index (χ3v) is 3.03. The molecule has 0 aliphatic carbocycles. The first-order chi connectivity index (χ1) is 9.76. The highest BCUT2D eigenvalue weighted by Crippen LogP contribution is 2.04. The minimum Gasteiger partial charge on any atom is -0.395 e. The summed E-state index contributed by atoms with van der Waals surface area (Å²) < 4.78 is 0. The summed E-state index contributed by atoms with van der Waals surface area (Å²) in [5.74, 6) is 0.0345. The summed E-state index contributed by atoms with van der Waals surface area (Å²) in [5, 5.41) is 23.4. The van der Waals surface area contributed by atoms with Crippen molar-refractivity contribution < 1.29 is 15.0 Å². The standard InChI is InChI=1S/C15H24N2O3/c18-11-14(12-19)16-9-10-17-15(20)8-4-7-13-5-2-1-3-6-13/h1-3,5-6,14,16,18-19H,4,7-12H2,(H,17,20). The lowest BCUT2D eigenvalue weighted by molar-refractivity contribution is -0.121. The Balaban J connectivity index is 2.03. The fraction of sp³-hybridized carbons (Fsp3) is 0.533. The second-order valence-corrected chi connectivity index (χ2v) is 4.71. The van der Waals surface area contributed by atoms with Gasteiger partial charge >= 0.3 is 0 Å². The summed E-state index contributed by atoms with van der Waals surface area (Å²) in [6.07, 6.45) is 2.25. The average molecular weight is 280 g/mol. The number of hydrogen-bond acceptors (Lipinski definition) is 4. The molecule has 1 rings (SSSR count). The van der Waals surface area contributed by atoms with Crippen LogP contribution in [-0.4, -0.2) is 48.5 Å². The van der Waals surface area contributed by atoms with E-state index in [-0.39, 0.29) is 25.2 Å². The quantitative estimate of drug-likeness (QED) is 0.457. The Labute approximate surface area is 120 Å². The predicted molar refractivity (Wildman–Crippen MR) is 78.4 cm³/mol. The van der Waals surface area contributed by atoms with Gasteiger partial charge in [-0.1, -0.05) is 30.3 Å². The van der Waals surface area contributed by atoms with Crippen molar-refractivity contribution in [3.63, 3.8) is 0 Å². The molecular formula is C15H24N2O3. The Bertz CT molecular complexity index is 367. The van der Waals surface area contributed by atoms with E-state index in [9.17, 15) is 4.79 Å².